The number of nitrogens with zero attached hydrogens (tertiary/aromatic N) is 1. The van der Waals surface area contributed by atoms with Crippen molar-refractivity contribution in [3.05, 3.63) is 64.6 Å². The van der Waals surface area contributed by atoms with Crippen LogP contribution in [0.1, 0.15) is 17.5 Å². The van der Waals surface area contributed by atoms with E-state index in [9.17, 15) is 27.6 Å². The van der Waals surface area contributed by atoms with Gasteiger partial charge in [-0.05, 0) is 42.0 Å². The molecule has 2 aromatic carbocycles. The Morgan fingerprint density at radius 3 is 2.53 bits per heavy atom. The van der Waals surface area contributed by atoms with Crippen LogP contribution in [0.15, 0.2) is 53.4 Å². The number of carboxylic acids is 1. The number of benzene rings is 2. The molecule has 0 radical (unpaired) electrons. The summed E-state index contributed by atoms with van der Waals surface area (Å²) < 4.78 is 43.9. The zero-order valence-corrected chi connectivity index (χ0v) is 18.9. The second-order valence-corrected chi connectivity index (χ2v) is 8.64. The molecule has 1 aliphatic rings. The zero-order chi connectivity index (χ0) is 24.9. The van der Waals surface area contributed by atoms with Gasteiger partial charge >= 0.3 is 12.1 Å². The van der Waals surface area contributed by atoms with Crippen LogP contribution >= 0.6 is 24.0 Å². The molecular weight excluding hydrogens is 493 g/mol. The van der Waals surface area contributed by atoms with Crippen molar-refractivity contribution in [3.63, 3.8) is 0 Å². The third-order valence-corrected chi connectivity index (χ3v) is 5.82. The minimum atomic E-state index is -4.52. The molecule has 0 bridgehead atoms. The summed E-state index contributed by atoms with van der Waals surface area (Å²) in [6.07, 6.45) is -3.13. The fourth-order valence-electron chi connectivity index (χ4n) is 2.83. The number of aliphatic carboxylic acids is 1. The number of alkyl halides is 3. The molecule has 2 amide bonds. The molecule has 0 atom stereocenters. The summed E-state index contributed by atoms with van der Waals surface area (Å²) >= 11 is 6.21. The fraction of sp³-hybridized carbons (Fsp3) is 0.182. The monoisotopic (exact) mass is 510 g/mol. The number of carbonyl (C=O) groups excluding carboxylic acids is 2. The summed E-state index contributed by atoms with van der Waals surface area (Å²) in [5.74, 6) is -1.70. The average Bonchev–Trinajstić information content (AvgIpc) is 3.03. The molecule has 7 nitrogen and oxygen atoms in total. The Bertz CT molecular complexity index is 1150. The number of thiocarbonyl (C=S) groups is 1. The molecule has 2 aromatic rings. The van der Waals surface area contributed by atoms with Crippen LogP contribution in [0, 0.1) is 0 Å². The summed E-state index contributed by atoms with van der Waals surface area (Å²) in [4.78, 5) is 36.8. The van der Waals surface area contributed by atoms with Crippen molar-refractivity contribution in [1.29, 1.82) is 0 Å². The first-order valence-electron chi connectivity index (χ1n) is 9.70. The first-order valence-corrected chi connectivity index (χ1v) is 10.9. The molecule has 0 aliphatic carbocycles. The lowest BCUT2D eigenvalue weighted by molar-refractivity contribution is -0.138. The van der Waals surface area contributed by atoms with E-state index in [1.54, 1.807) is 30.3 Å². The molecule has 178 valence electrons. The number of hydrogen-bond donors (Lipinski definition) is 2. The van der Waals surface area contributed by atoms with Crippen molar-refractivity contribution < 1.29 is 37.4 Å². The molecular formula is C22H17F3N2O5S2. The number of carboxylic acid groups (broad SMARTS) is 1. The van der Waals surface area contributed by atoms with Crippen molar-refractivity contribution in [2.45, 2.75) is 12.6 Å². The third-order valence-electron chi connectivity index (χ3n) is 4.44. The van der Waals surface area contributed by atoms with Gasteiger partial charge in [0.05, 0.1) is 16.9 Å². The van der Waals surface area contributed by atoms with E-state index in [0.717, 1.165) is 23.9 Å². The minimum absolute atomic E-state index is 0.000517. The Kier molecular flexibility index (Phi) is 7.94. The summed E-state index contributed by atoms with van der Waals surface area (Å²) in [5, 5.41) is 11.1. The molecule has 0 aromatic heterocycles. The van der Waals surface area contributed by atoms with Crippen LogP contribution in [-0.2, 0) is 20.6 Å². The molecule has 0 unspecified atom stereocenters. The van der Waals surface area contributed by atoms with Crippen LogP contribution in [0.5, 0.6) is 5.75 Å². The van der Waals surface area contributed by atoms with E-state index in [1.165, 1.54) is 17.0 Å². The van der Waals surface area contributed by atoms with Gasteiger partial charge in [0, 0.05) is 12.2 Å². The highest BCUT2D eigenvalue weighted by Gasteiger charge is 2.32. The molecule has 2 N–H and O–H groups in total. The van der Waals surface area contributed by atoms with Gasteiger partial charge in [-0.15, -0.1) is 0 Å². The first-order chi connectivity index (χ1) is 16.0. The maximum Gasteiger partial charge on any atom is 0.416 e. The van der Waals surface area contributed by atoms with Crippen molar-refractivity contribution >= 4 is 57.8 Å². The normalized spacial score (nSPS) is 15.0. The highest BCUT2D eigenvalue weighted by Crippen LogP contribution is 2.33. The van der Waals surface area contributed by atoms with Crippen molar-refractivity contribution in [2.24, 2.45) is 0 Å². The van der Waals surface area contributed by atoms with Gasteiger partial charge in [0.1, 0.15) is 10.1 Å². The minimum Gasteiger partial charge on any atom is -0.484 e. The molecule has 1 fully saturated rings. The lowest BCUT2D eigenvalue weighted by atomic mass is 10.2. The maximum absolute atomic E-state index is 12.8. The SMILES string of the molecule is O=C(O)CCN1C(=O)/C(=C/c2ccc(OCC(=O)Nc3cccc(C(F)(F)F)c3)cc2)SC1=S. The molecule has 1 aliphatic heterocycles. The van der Waals surface area contributed by atoms with E-state index in [1.807, 2.05) is 0 Å². The molecule has 1 saturated heterocycles. The van der Waals surface area contributed by atoms with Gasteiger partial charge < -0.3 is 15.2 Å². The third kappa shape index (κ3) is 6.81. The van der Waals surface area contributed by atoms with E-state index in [4.69, 9.17) is 22.1 Å². The topological polar surface area (TPSA) is 95.9 Å². The molecule has 0 saturated carbocycles. The number of hydrogen-bond acceptors (Lipinski definition) is 6. The number of anilines is 1. The number of nitrogens with one attached hydrogen (secondary N) is 1. The average molecular weight is 511 g/mol. The largest absolute Gasteiger partial charge is 0.484 e. The van der Waals surface area contributed by atoms with Gasteiger partial charge in [-0.3, -0.25) is 19.3 Å². The van der Waals surface area contributed by atoms with Gasteiger partial charge in [0.15, 0.2) is 6.61 Å². The number of halogens is 3. The zero-order valence-electron chi connectivity index (χ0n) is 17.3. The molecule has 0 spiro atoms. The predicted octanol–water partition coefficient (Wildman–Crippen LogP) is 4.40. The van der Waals surface area contributed by atoms with Crippen molar-refractivity contribution in [1.82, 2.24) is 4.90 Å². The highest BCUT2D eigenvalue weighted by molar-refractivity contribution is 8.26. The summed E-state index contributed by atoms with van der Waals surface area (Å²) in [5.41, 5.74) is -0.223. The standard InChI is InChI=1S/C22H17F3N2O5S2/c23-22(24,25)14-2-1-3-15(11-14)26-18(28)12-32-16-6-4-13(5-7-16)10-17-20(31)27(21(33)34-17)9-8-19(29)30/h1-7,10-11H,8-9,12H2,(H,26,28)(H,29,30)/b17-10-. The Balaban J connectivity index is 1.55. The van der Waals surface area contributed by atoms with Crippen molar-refractivity contribution in [3.8, 4) is 5.75 Å². The summed E-state index contributed by atoms with van der Waals surface area (Å²) in [7, 11) is 0. The van der Waals surface area contributed by atoms with Crippen LogP contribution in [0.2, 0.25) is 0 Å². The summed E-state index contributed by atoms with van der Waals surface area (Å²) in [6.45, 7) is -0.426. The highest BCUT2D eigenvalue weighted by atomic mass is 32.2. The van der Waals surface area contributed by atoms with Crippen LogP contribution in [0.3, 0.4) is 0 Å². The molecule has 12 heteroatoms. The second kappa shape index (κ2) is 10.7. The van der Waals surface area contributed by atoms with Gasteiger partial charge in [-0.1, -0.05) is 42.2 Å². The molecule has 1 heterocycles. The predicted molar refractivity (Wildman–Crippen MR) is 124 cm³/mol. The van der Waals surface area contributed by atoms with E-state index in [-0.39, 0.29) is 28.9 Å². The van der Waals surface area contributed by atoms with Gasteiger partial charge in [-0.2, -0.15) is 13.2 Å². The fourth-order valence-corrected chi connectivity index (χ4v) is 4.14. The quantitative estimate of drug-likeness (QED) is 0.402. The maximum atomic E-state index is 12.8. The number of ether oxygens (including phenoxy) is 1. The first kappa shape index (κ1) is 25.2. The van der Waals surface area contributed by atoms with Crippen LogP contribution in [0.4, 0.5) is 18.9 Å². The van der Waals surface area contributed by atoms with E-state index in [2.05, 4.69) is 5.32 Å². The lowest BCUT2D eigenvalue weighted by Gasteiger charge is -2.12. The summed E-state index contributed by atoms with van der Waals surface area (Å²) in [6, 6.07) is 10.7. The number of rotatable bonds is 8. The molecule has 3 rings (SSSR count). The van der Waals surface area contributed by atoms with E-state index < -0.39 is 30.2 Å². The van der Waals surface area contributed by atoms with Gasteiger partial charge in [0.2, 0.25) is 0 Å². The van der Waals surface area contributed by atoms with Gasteiger partial charge in [0.25, 0.3) is 11.8 Å². The Labute approximate surface area is 201 Å². The second-order valence-electron chi connectivity index (χ2n) is 6.96. The number of thioether (sulfide) groups is 1. The van der Waals surface area contributed by atoms with Crippen LogP contribution < -0.4 is 10.1 Å². The Hall–Kier alpha value is -3.38. The Morgan fingerprint density at radius 1 is 1.18 bits per heavy atom. The lowest BCUT2D eigenvalue weighted by Crippen LogP contribution is -2.30. The van der Waals surface area contributed by atoms with E-state index >= 15 is 0 Å². The van der Waals surface area contributed by atoms with Crippen molar-refractivity contribution in [2.75, 3.05) is 18.5 Å². The Morgan fingerprint density at radius 2 is 1.88 bits per heavy atom. The smallest absolute Gasteiger partial charge is 0.416 e. The van der Waals surface area contributed by atoms with Gasteiger partial charge in [-0.25, -0.2) is 0 Å². The number of amides is 2. The van der Waals surface area contributed by atoms with Crippen LogP contribution in [-0.4, -0.2) is 45.3 Å². The van der Waals surface area contributed by atoms with Crippen LogP contribution in [0.25, 0.3) is 6.08 Å². The molecule has 34 heavy (non-hydrogen) atoms. The van der Waals surface area contributed by atoms with E-state index in [0.29, 0.717) is 16.2 Å². The number of carbonyl (C=O) groups is 3.